The van der Waals surface area contributed by atoms with Gasteiger partial charge in [-0.3, -0.25) is 4.79 Å². The maximum absolute atomic E-state index is 11.2. The van der Waals surface area contributed by atoms with Crippen LogP contribution < -0.4 is 0 Å². The Morgan fingerprint density at radius 1 is 1.39 bits per heavy atom. The summed E-state index contributed by atoms with van der Waals surface area (Å²) in [7, 11) is 0. The fraction of sp³-hybridized carbons (Fsp3) is 0.400. The number of allylic oxidation sites excluding steroid dienone is 2. The number of hydrogen-bond acceptors (Lipinski definition) is 1. The molecule has 0 spiro atoms. The molecule has 18 heavy (non-hydrogen) atoms. The highest BCUT2D eigenvalue weighted by atomic mass is 35.5. The zero-order chi connectivity index (χ0) is 13.1. The van der Waals surface area contributed by atoms with Gasteiger partial charge < -0.3 is 5.11 Å². The molecule has 0 heterocycles. The monoisotopic (exact) mass is 264 g/mol. The average molecular weight is 265 g/mol. The highest BCUT2D eigenvalue weighted by Crippen LogP contribution is 2.36. The predicted octanol–water partition coefficient (Wildman–Crippen LogP) is 4.49. The summed E-state index contributed by atoms with van der Waals surface area (Å²) in [6.45, 7) is 1.71. The van der Waals surface area contributed by atoms with Gasteiger partial charge in [-0.25, -0.2) is 0 Å². The first-order chi connectivity index (χ1) is 8.61. The predicted molar refractivity (Wildman–Crippen MR) is 73.9 cm³/mol. The Hall–Kier alpha value is -1.28. The summed E-state index contributed by atoms with van der Waals surface area (Å²) in [5.41, 5.74) is 2.96. The highest BCUT2D eigenvalue weighted by Gasteiger charge is 2.21. The zero-order valence-electron chi connectivity index (χ0n) is 10.4. The molecule has 2 nitrogen and oxygen atoms in total. The van der Waals surface area contributed by atoms with Crippen LogP contribution in [0, 0.1) is 0 Å². The van der Waals surface area contributed by atoms with Gasteiger partial charge in [-0.2, -0.15) is 0 Å². The van der Waals surface area contributed by atoms with Crippen LogP contribution in [-0.2, 0) is 4.79 Å². The van der Waals surface area contributed by atoms with Crippen LogP contribution in [0.2, 0.25) is 5.02 Å². The Morgan fingerprint density at radius 3 is 2.78 bits per heavy atom. The number of carboxylic acid groups (broad SMARTS) is 1. The SMILES string of the molecule is CC(C(=O)O)c1cccc(Cl)c1C1=CCCCC1. The first-order valence-electron chi connectivity index (χ1n) is 6.32. The Balaban J connectivity index is 2.50. The minimum Gasteiger partial charge on any atom is -0.481 e. The van der Waals surface area contributed by atoms with Gasteiger partial charge in [0.25, 0.3) is 0 Å². The van der Waals surface area contributed by atoms with Crippen molar-refractivity contribution in [2.24, 2.45) is 0 Å². The van der Waals surface area contributed by atoms with Crippen molar-refractivity contribution in [1.29, 1.82) is 0 Å². The van der Waals surface area contributed by atoms with Crippen molar-refractivity contribution in [2.75, 3.05) is 0 Å². The molecule has 0 fully saturated rings. The minimum atomic E-state index is -0.810. The number of hydrogen-bond donors (Lipinski definition) is 1. The maximum Gasteiger partial charge on any atom is 0.310 e. The van der Waals surface area contributed by atoms with Crippen molar-refractivity contribution < 1.29 is 9.90 Å². The molecule has 0 saturated heterocycles. The fourth-order valence-corrected chi connectivity index (χ4v) is 2.74. The number of aliphatic carboxylic acids is 1. The molecule has 0 aromatic heterocycles. The topological polar surface area (TPSA) is 37.3 Å². The molecular formula is C15H17ClO2. The van der Waals surface area contributed by atoms with Crippen LogP contribution in [0.3, 0.4) is 0 Å². The number of benzene rings is 1. The Labute approximate surface area is 112 Å². The van der Waals surface area contributed by atoms with E-state index in [1.165, 1.54) is 12.0 Å². The van der Waals surface area contributed by atoms with Crippen molar-refractivity contribution in [1.82, 2.24) is 0 Å². The molecule has 1 atom stereocenters. The molecule has 1 aromatic carbocycles. The normalized spacial score (nSPS) is 17.1. The second-order valence-electron chi connectivity index (χ2n) is 4.74. The van der Waals surface area contributed by atoms with Gasteiger partial charge in [-0.05, 0) is 55.4 Å². The molecule has 0 amide bonds. The third-order valence-corrected chi connectivity index (χ3v) is 3.81. The molecule has 96 valence electrons. The largest absolute Gasteiger partial charge is 0.481 e. The molecule has 0 bridgehead atoms. The standard InChI is InChI=1S/C15H17ClO2/c1-10(15(17)18)12-8-5-9-13(16)14(12)11-6-3-2-4-7-11/h5-6,8-10H,2-4,7H2,1H3,(H,17,18). The van der Waals surface area contributed by atoms with Crippen LogP contribution in [0.5, 0.6) is 0 Å². The van der Waals surface area contributed by atoms with Gasteiger partial charge in [-0.1, -0.05) is 29.8 Å². The number of rotatable bonds is 3. The molecule has 2 rings (SSSR count). The number of halogens is 1. The molecule has 3 heteroatoms. The molecule has 1 aliphatic rings. The lowest BCUT2D eigenvalue weighted by atomic mass is 9.86. The van der Waals surface area contributed by atoms with E-state index in [-0.39, 0.29) is 0 Å². The molecule has 1 unspecified atom stereocenters. The Kier molecular flexibility index (Phi) is 4.07. The van der Waals surface area contributed by atoms with E-state index in [0.717, 1.165) is 30.4 Å². The smallest absolute Gasteiger partial charge is 0.310 e. The maximum atomic E-state index is 11.2. The Bertz CT molecular complexity index is 491. The Morgan fingerprint density at radius 2 is 2.17 bits per heavy atom. The van der Waals surface area contributed by atoms with E-state index >= 15 is 0 Å². The van der Waals surface area contributed by atoms with E-state index in [2.05, 4.69) is 6.08 Å². The molecule has 0 aliphatic heterocycles. The van der Waals surface area contributed by atoms with Gasteiger partial charge in [0.2, 0.25) is 0 Å². The summed E-state index contributed by atoms with van der Waals surface area (Å²) in [4.78, 5) is 11.2. The van der Waals surface area contributed by atoms with E-state index in [0.29, 0.717) is 5.02 Å². The van der Waals surface area contributed by atoms with Gasteiger partial charge in [0, 0.05) is 5.02 Å². The second-order valence-corrected chi connectivity index (χ2v) is 5.15. The molecule has 0 radical (unpaired) electrons. The van der Waals surface area contributed by atoms with Crippen LogP contribution in [0.1, 0.15) is 49.7 Å². The highest BCUT2D eigenvalue weighted by molar-refractivity contribution is 6.32. The van der Waals surface area contributed by atoms with Crippen molar-refractivity contribution >= 4 is 23.1 Å². The van der Waals surface area contributed by atoms with E-state index in [1.807, 2.05) is 18.2 Å². The van der Waals surface area contributed by atoms with Gasteiger partial charge in [0.1, 0.15) is 0 Å². The molecule has 0 saturated carbocycles. The van der Waals surface area contributed by atoms with Crippen LogP contribution in [-0.4, -0.2) is 11.1 Å². The summed E-state index contributed by atoms with van der Waals surface area (Å²) < 4.78 is 0. The summed E-state index contributed by atoms with van der Waals surface area (Å²) in [5.74, 6) is -1.34. The molecule has 1 N–H and O–H groups in total. The second kappa shape index (κ2) is 5.57. The van der Waals surface area contributed by atoms with Crippen molar-refractivity contribution in [3.63, 3.8) is 0 Å². The van der Waals surface area contributed by atoms with E-state index in [9.17, 15) is 9.90 Å². The fourth-order valence-electron chi connectivity index (χ4n) is 2.44. The quantitative estimate of drug-likeness (QED) is 0.874. The van der Waals surface area contributed by atoms with Crippen molar-refractivity contribution in [3.8, 4) is 0 Å². The lowest BCUT2D eigenvalue weighted by molar-refractivity contribution is -0.138. The van der Waals surface area contributed by atoms with Gasteiger partial charge in [0.05, 0.1) is 5.92 Å². The van der Waals surface area contributed by atoms with Gasteiger partial charge in [-0.15, -0.1) is 0 Å². The van der Waals surface area contributed by atoms with Crippen LogP contribution in [0.15, 0.2) is 24.3 Å². The van der Waals surface area contributed by atoms with E-state index in [1.54, 1.807) is 6.92 Å². The van der Waals surface area contributed by atoms with Crippen LogP contribution >= 0.6 is 11.6 Å². The number of carbonyl (C=O) groups is 1. The number of carboxylic acids is 1. The summed E-state index contributed by atoms with van der Waals surface area (Å²) in [5, 5.41) is 9.85. The third-order valence-electron chi connectivity index (χ3n) is 3.49. The van der Waals surface area contributed by atoms with E-state index in [4.69, 9.17) is 11.6 Å². The third kappa shape index (κ3) is 2.59. The summed E-state index contributed by atoms with van der Waals surface area (Å²) >= 11 is 6.28. The minimum absolute atomic E-state index is 0.526. The van der Waals surface area contributed by atoms with Crippen molar-refractivity contribution in [3.05, 3.63) is 40.4 Å². The average Bonchev–Trinajstić information content (AvgIpc) is 2.38. The molecule has 1 aromatic rings. The van der Waals surface area contributed by atoms with Crippen LogP contribution in [0.25, 0.3) is 5.57 Å². The van der Waals surface area contributed by atoms with E-state index < -0.39 is 11.9 Å². The van der Waals surface area contributed by atoms with Gasteiger partial charge in [0.15, 0.2) is 0 Å². The molecule has 1 aliphatic carbocycles. The molecular weight excluding hydrogens is 248 g/mol. The summed E-state index contributed by atoms with van der Waals surface area (Å²) in [6.07, 6.45) is 6.60. The first-order valence-corrected chi connectivity index (χ1v) is 6.69. The lowest BCUT2D eigenvalue weighted by Gasteiger charge is -2.20. The van der Waals surface area contributed by atoms with Crippen molar-refractivity contribution in [2.45, 2.75) is 38.5 Å². The first kappa shape index (κ1) is 13.2. The lowest BCUT2D eigenvalue weighted by Crippen LogP contribution is -2.10. The van der Waals surface area contributed by atoms with Gasteiger partial charge >= 0.3 is 5.97 Å². The zero-order valence-corrected chi connectivity index (χ0v) is 11.2. The summed E-state index contributed by atoms with van der Waals surface area (Å²) in [6, 6.07) is 5.53. The van der Waals surface area contributed by atoms with Crippen LogP contribution in [0.4, 0.5) is 0 Å².